The summed E-state index contributed by atoms with van der Waals surface area (Å²) in [6, 6.07) is 4.41. The lowest BCUT2D eigenvalue weighted by atomic mass is 9.96. The average Bonchev–Trinajstić information content (AvgIpc) is 2.26. The number of halogens is 3. The molecule has 7 heteroatoms. The van der Waals surface area contributed by atoms with Crippen LogP contribution in [0, 0.1) is 0 Å². The highest BCUT2D eigenvalue weighted by Crippen LogP contribution is 2.22. The van der Waals surface area contributed by atoms with E-state index in [9.17, 15) is 18.0 Å². The molecule has 1 aromatic carbocycles. The summed E-state index contributed by atoms with van der Waals surface area (Å²) in [6.45, 7) is 5.27. The minimum absolute atomic E-state index is 0.230. The normalized spacial score (nSPS) is 13.8. The summed E-state index contributed by atoms with van der Waals surface area (Å²) in [5.74, 6) is -0.786. The zero-order valence-electron chi connectivity index (χ0n) is 11.4. The molecule has 0 bridgehead atoms. The quantitative estimate of drug-likeness (QED) is 0.895. The van der Waals surface area contributed by atoms with E-state index in [1.54, 1.807) is 20.8 Å². The van der Waals surface area contributed by atoms with Crippen LogP contribution in [0.3, 0.4) is 0 Å². The van der Waals surface area contributed by atoms with E-state index in [-0.39, 0.29) is 17.4 Å². The van der Waals surface area contributed by atoms with Crippen molar-refractivity contribution in [1.82, 2.24) is 5.32 Å². The number of carbonyl (C=O) groups excluding carboxylic acids is 1. The topological polar surface area (TPSA) is 64.3 Å². The van der Waals surface area contributed by atoms with Gasteiger partial charge in [-0.2, -0.15) is 0 Å². The fraction of sp³-hybridized carbons (Fsp3) is 0.462. The summed E-state index contributed by atoms with van der Waals surface area (Å²) in [5, 5.41) is 2.71. The van der Waals surface area contributed by atoms with Crippen LogP contribution in [0.5, 0.6) is 5.75 Å². The summed E-state index contributed by atoms with van der Waals surface area (Å²) in [5.41, 5.74) is 5.33. The number of ether oxygens (including phenoxy) is 1. The van der Waals surface area contributed by atoms with E-state index >= 15 is 0 Å². The molecule has 0 aliphatic heterocycles. The highest BCUT2D eigenvalue weighted by atomic mass is 19.4. The average molecular weight is 290 g/mol. The zero-order chi connectivity index (χ0) is 15.6. The summed E-state index contributed by atoms with van der Waals surface area (Å²) < 4.78 is 39.7. The van der Waals surface area contributed by atoms with Crippen LogP contribution in [-0.4, -0.2) is 23.9 Å². The number of hydrogen-bond donors (Lipinski definition) is 2. The fourth-order valence-corrected chi connectivity index (χ4v) is 1.29. The van der Waals surface area contributed by atoms with Crippen LogP contribution in [0.15, 0.2) is 24.3 Å². The van der Waals surface area contributed by atoms with Crippen LogP contribution in [0.4, 0.5) is 13.2 Å². The highest BCUT2D eigenvalue weighted by Gasteiger charge is 2.31. The SMILES string of the molecule is CC(N)C(C)(C)NC(=O)c1ccc(OC(F)(F)F)cc1. The number of nitrogens with two attached hydrogens (primary N) is 1. The van der Waals surface area contributed by atoms with Crippen LogP contribution >= 0.6 is 0 Å². The van der Waals surface area contributed by atoms with Crippen molar-refractivity contribution in [2.45, 2.75) is 38.7 Å². The first-order valence-electron chi connectivity index (χ1n) is 5.95. The first kappa shape index (κ1) is 16.3. The maximum absolute atomic E-state index is 12.0. The second kappa shape index (κ2) is 5.70. The number of hydrogen-bond acceptors (Lipinski definition) is 3. The van der Waals surface area contributed by atoms with Crippen molar-refractivity contribution < 1.29 is 22.7 Å². The molecular formula is C13H17F3N2O2. The molecule has 0 spiro atoms. The lowest BCUT2D eigenvalue weighted by Crippen LogP contribution is -2.54. The lowest BCUT2D eigenvalue weighted by molar-refractivity contribution is -0.274. The highest BCUT2D eigenvalue weighted by molar-refractivity contribution is 5.94. The third kappa shape index (κ3) is 4.73. The molecule has 0 saturated carbocycles. The molecule has 4 nitrogen and oxygen atoms in total. The van der Waals surface area contributed by atoms with Gasteiger partial charge in [0.05, 0.1) is 0 Å². The first-order valence-corrected chi connectivity index (χ1v) is 5.95. The Bertz CT molecular complexity index is 467. The van der Waals surface area contributed by atoms with E-state index in [0.717, 1.165) is 12.1 Å². The second-order valence-electron chi connectivity index (χ2n) is 5.04. The third-order valence-corrected chi connectivity index (χ3v) is 2.92. The van der Waals surface area contributed by atoms with Crippen LogP contribution in [0.25, 0.3) is 0 Å². The monoisotopic (exact) mass is 290 g/mol. The Hall–Kier alpha value is -1.76. The Balaban J connectivity index is 2.76. The van der Waals surface area contributed by atoms with Gasteiger partial charge in [-0.3, -0.25) is 4.79 Å². The van der Waals surface area contributed by atoms with Gasteiger partial charge in [0.25, 0.3) is 5.91 Å². The maximum Gasteiger partial charge on any atom is 0.573 e. The van der Waals surface area contributed by atoms with Crippen molar-refractivity contribution >= 4 is 5.91 Å². The van der Waals surface area contributed by atoms with Crippen molar-refractivity contribution in [2.24, 2.45) is 5.73 Å². The predicted octanol–water partition coefficient (Wildman–Crippen LogP) is 2.44. The van der Waals surface area contributed by atoms with Gasteiger partial charge in [-0.05, 0) is 45.0 Å². The molecule has 3 N–H and O–H groups in total. The minimum Gasteiger partial charge on any atom is -0.406 e. The van der Waals surface area contributed by atoms with Crippen molar-refractivity contribution in [3.05, 3.63) is 29.8 Å². The summed E-state index contributed by atoms with van der Waals surface area (Å²) in [7, 11) is 0. The molecule has 1 amide bonds. The predicted molar refractivity (Wildman–Crippen MR) is 68.3 cm³/mol. The van der Waals surface area contributed by atoms with E-state index in [2.05, 4.69) is 10.1 Å². The zero-order valence-corrected chi connectivity index (χ0v) is 11.4. The molecular weight excluding hydrogens is 273 g/mol. The molecule has 112 valence electrons. The van der Waals surface area contributed by atoms with Crippen LogP contribution < -0.4 is 15.8 Å². The Morgan fingerprint density at radius 2 is 1.75 bits per heavy atom. The Labute approximate surface area is 115 Å². The Kier molecular flexibility index (Phi) is 4.65. The summed E-state index contributed by atoms with van der Waals surface area (Å²) in [4.78, 5) is 11.9. The van der Waals surface area contributed by atoms with Crippen molar-refractivity contribution in [3.63, 3.8) is 0 Å². The van der Waals surface area contributed by atoms with Gasteiger partial charge < -0.3 is 15.8 Å². The van der Waals surface area contributed by atoms with Gasteiger partial charge >= 0.3 is 6.36 Å². The molecule has 0 aliphatic carbocycles. The molecule has 0 aromatic heterocycles. The van der Waals surface area contributed by atoms with Crippen molar-refractivity contribution in [3.8, 4) is 5.75 Å². The van der Waals surface area contributed by atoms with Gasteiger partial charge in [-0.25, -0.2) is 0 Å². The molecule has 0 heterocycles. The van der Waals surface area contributed by atoms with Gasteiger partial charge in [0.2, 0.25) is 0 Å². The molecule has 0 fully saturated rings. The molecule has 0 radical (unpaired) electrons. The first-order chi connectivity index (χ1) is 9.01. The van der Waals surface area contributed by atoms with E-state index in [0.29, 0.717) is 0 Å². The minimum atomic E-state index is -4.75. The summed E-state index contributed by atoms with van der Waals surface area (Å²) >= 11 is 0. The van der Waals surface area contributed by atoms with Crippen molar-refractivity contribution in [1.29, 1.82) is 0 Å². The lowest BCUT2D eigenvalue weighted by Gasteiger charge is -2.30. The third-order valence-electron chi connectivity index (χ3n) is 2.92. The molecule has 1 unspecified atom stereocenters. The van der Waals surface area contributed by atoms with E-state index < -0.39 is 17.8 Å². The maximum atomic E-state index is 12.0. The smallest absolute Gasteiger partial charge is 0.406 e. The second-order valence-corrected chi connectivity index (χ2v) is 5.04. The molecule has 1 aromatic rings. The van der Waals surface area contributed by atoms with Gasteiger partial charge in [0, 0.05) is 17.1 Å². The number of rotatable bonds is 4. The van der Waals surface area contributed by atoms with E-state index in [1.807, 2.05) is 0 Å². The number of alkyl halides is 3. The van der Waals surface area contributed by atoms with Crippen LogP contribution in [0.2, 0.25) is 0 Å². The van der Waals surface area contributed by atoms with Gasteiger partial charge in [0.15, 0.2) is 0 Å². The Morgan fingerprint density at radius 1 is 1.25 bits per heavy atom. The molecule has 0 saturated heterocycles. The fourth-order valence-electron chi connectivity index (χ4n) is 1.29. The standard InChI is InChI=1S/C13H17F3N2O2/c1-8(17)12(2,3)18-11(19)9-4-6-10(7-5-9)20-13(14,15)16/h4-8H,17H2,1-3H3,(H,18,19). The van der Waals surface area contributed by atoms with Crippen molar-refractivity contribution in [2.75, 3.05) is 0 Å². The van der Waals surface area contributed by atoms with Gasteiger partial charge in [-0.1, -0.05) is 0 Å². The number of amides is 1. The molecule has 20 heavy (non-hydrogen) atoms. The van der Waals surface area contributed by atoms with Crippen LogP contribution in [-0.2, 0) is 0 Å². The Morgan fingerprint density at radius 3 is 2.15 bits per heavy atom. The molecule has 1 atom stereocenters. The number of benzene rings is 1. The largest absolute Gasteiger partial charge is 0.573 e. The summed E-state index contributed by atoms with van der Waals surface area (Å²) in [6.07, 6.45) is -4.75. The van der Waals surface area contributed by atoms with Gasteiger partial charge in [0.1, 0.15) is 5.75 Å². The number of carbonyl (C=O) groups is 1. The van der Waals surface area contributed by atoms with Gasteiger partial charge in [-0.15, -0.1) is 13.2 Å². The van der Waals surface area contributed by atoms with E-state index in [4.69, 9.17) is 5.73 Å². The molecule has 1 rings (SSSR count). The van der Waals surface area contributed by atoms with Crippen LogP contribution in [0.1, 0.15) is 31.1 Å². The molecule has 0 aliphatic rings. The number of nitrogens with one attached hydrogen (secondary N) is 1. The van der Waals surface area contributed by atoms with E-state index in [1.165, 1.54) is 12.1 Å².